The van der Waals surface area contributed by atoms with Crippen molar-refractivity contribution in [3.63, 3.8) is 0 Å². The Morgan fingerprint density at radius 3 is 2.65 bits per heavy atom. The zero-order valence-corrected chi connectivity index (χ0v) is 12.2. The van der Waals surface area contributed by atoms with Gasteiger partial charge in [0.2, 0.25) is 0 Å². The number of thiophene rings is 1. The number of sulfonamides is 1. The number of hydrogen-bond donors (Lipinski definition) is 0. The molecule has 1 aromatic rings. The van der Waals surface area contributed by atoms with E-state index in [4.69, 9.17) is 16.9 Å². The number of halogens is 1. The van der Waals surface area contributed by atoms with Crippen molar-refractivity contribution in [1.29, 1.82) is 5.26 Å². The van der Waals surface area contributed by atoms with Crippen LogP contribution in [0.2, 0.25) is 4.34 Å². The van der Waals surface area contributed by atoms with Gasteiger partial charge in [-0.15, -0.1) is 11.3 Å². The zero-order valence-electron chi connectivity index (χ0n) is 9.77. The number of nitriles is 1. The van der Waals surface area contributed by atoms with Crippen LogP contribution in [0.1, 0.15) is 18.9 Å². The summed E-state index contributed by atoms with van der Waals surface area (Å²) in [6.07, 6.45) is 0.161. The van der Waals surface area contributed by atoms with E-state index in [-0.39, 0.29) is 16.7 Å². The number of nitrogens with zero attached hydrogens (tertiary/aromatic N) is 2. The van der Waals surface area contributed by atoms with Crippen molar-refractivity contribution in [3.05, 3.63) is 16.0 Å². The molecule has 0 aliphatic heterocycles. The summed E-state index contributed by atoms with van der Waals surface area (Å²) in [5.74, 6) is 0. The Morgan fingerprint density at radius 1 is 1.65 bits per heavy atom. The molecule has 1 heterocycles. The summed E-state index contributed by atoms with van der Waals surface area (Å²) in [6, 6.07) is 3.16. The standard InChI is InChI=1S/C10H13ClN2O2S2/c1-7-6-9(16-10(7)11)17(14,15)13(3)8(2)4-5-12/h6,8H,4H2,1-3H3. The van der Waals surface area contributed by atoms with Gasteiger partial charge in [0, 0.05) is 13.1 Å². The van der Waals surface area contributed by atoms with Gasteiger partial charge in [-0.2, -0.15) is 9.57 Å². The molecule has 7 heteroatoms. The molecule has 0 amide bonds. The largest absolute Gasteiger partial charge is 0.252 e. The second-order valence-corrected chi connectivity index (χ2v) is 7.63. The maximum atomic E-state index is 12.2. The van der Waals surface area contributed by atoms with Crippen molar-refractivity contribution < 1.29 is 8.42 Å². The van der Waals surface area contributed by atoms with E-state index in [9.17, 15) is 8.42 Å². The first-order valence-electron chi connectivity index (χ1n) is 4.91. The number of aryl methyl sites for hydroxylation is 1. The molecule has 0 aliphatic carbocycles. The minimum absolute atomic E-state index is 0.161. The molecule has 0 bridgehead atoms. The van der Waals surface area contributed by atoms with Crippen LogP contribution in [0, 0.1) is 18.3 Å². The molecule has 4 nitrogen and oxygen atoms in total. The predicted molar refractivity (Wildman–Crippen MR) is 68.7 cm³/mol. The molecule has 0 aliphatic rings. The second kappa shape index (κ2) is 5.36. The van der Waals surface area contributed by atoms with E-state index in [1.807, 2.05) is 6.07 Å². The van der Waals surface area contributed by atoms with Crippen molar-refractivity contribution >= 4 is 33.0 Å². The van der Waals surface area contributed by atoms with E-state index in [1.165, 1.54) is 11.4 Å². The highest BCUT2D eigenvalue weighted by Crippen LogP contribution is 2.32. The van der Waals surface area contributed by atoms with Gasteiger partial charge in [0.1, 0.15) is 4.21 Å². The van der Waals surface area contributed by atoms with Crippen LogP contribution in [0.4, 0.5) is 0 Å². The molecule has 0 saturated carbocycles. The molecule has 0 saturated heterocycles. The molecule has 1 unspecified atom stereocenters. The van der Waals surface area contributed by atoms with Gasteiger partial charge in [0.25, 0.3) is 10.0 Å². The van der Waals surface area contributed by atoms with Crippen LogP contribution in [-0.2, 0) is 10.0 Å². The molecule has 0 aromatic carbocycles. The third-order valence-corrected chi connectivity index (χ3v) is 6.45. The first-order valence-corrected chi connectivity index (χ1v) is 7.55. The molecule has 1 rings (SSSR count). The van der Waals surface area contributed by atoms with Gasteiger partial charge in [-0.25, -0.2) is 8.42 Å². The fraction of sp³-hybridized carbons (Fsp3) is 0.500. The molecule has 1 atom stereocenters. The van der Waals surface area contributed by atoms with Crippen molar-refractivity contribution in [2.75, 3.05) is 7.05 Å². The van der Waals surface area contributed by atoms with E-state index in [0.717, 1.165) is 16.9 Å². The fourth-order valence-electron chi connectivity index (χ4n) is 1.20. The predicted octanol–water partition coefficient (Wildman–Crippen LogP) is 2.63. The normalized spacial score (nSPS) is 13.6. The van der Waals surface area contributed by atoms with Crippen LogP contribution in [0.25, 0.3) is 0 Å². The van der Waals surface area contributed by atoms with Crippen molar-refractivity contribution in [2.45, 2.75) is 30.5 Å². The SMILES string of the molecule is Cc1cc(S(=O)(=O)N(C)C(C)CC#N)sc1Cl. The van der Waals surface area contributed by atoms with Gasteiger partial charge >= 0.3 is 0 Å². The lowest BCUT2D eigenvalue weighted by Gasteiger charge is -2.21. The van der Waals surface area contributed by atoms with Crippen molar-refractivity contribution in [2.24, 2.45) is 0 Å². The minimum Gasteiger partial charge on any atom is -0.206 e. The van der Waals surface area contributed by atoms with Gasteiger partial charge < -0.3 is 0 Å². The number of hydrogen-bond acceptors (Lipinski definition) is 4. The van der Waals surface area contributed by atoms with E-state index in [2.05, 4.69) is 0 Å². The van der Waals surface area contributed by atoms with Gasteiger partial charge in [-0.3, -0.25) is 0 Å². The minimum atomic E-state index is -3.55. The van der Waals surface area contributed by atoms with Crippen LogP contribution in [0.15, 0.2) is 10.3 Å². The Balaban J connectivity index is 3.08. The molecule has 17 heavy (non-hydrogen) atoms. The first-order chi connectivity index (χ1) is 7.80. The van der Waals surface area contributed by atoms with E-state index in [0.29, 0.717) is 4.34 Å². The average molecular weight is 293 g/mol. The summed E-state index contributed by atoms with van der Waals surface area (Å²) in [5.41, 5.74) is 0.747. The molecule has 0 fully saturated rings. The molecular formula is C10H13ClN2O2S2. The number of rotatable bonds is 4. The van der Waals surface area contributed by atoms with Gasteiger partial charge in [-0.1, -0.05) is 11.6 Å². The quantitative estimate of drug-likeness (QED) is 0.857. The molecule has 0 spiro atoms. The molecular weight excluding hydrogens is 280 g/mol. The van der Waals surface area contributed by atoms with Crippen LogP contribution in [-0.4, -0.2) is 25.8 Å². The highest BCUT2D eigenvalue weighted by Gasteiger charge is 2.27. The molecule has 0 radical (unpaired) electrons. The van der Waals surface area contributed by atoms with Crippen LogP contribution >= 0.6 is 22.9 Å². The Morgan fingerprint density at radius 2 is 2.24 bits per heavy atom. The lowest BCUT2D eigenvalue weighted by atomic mass is 10.3. The van der Waals surface area contributed by atoms with Crippen molar-refractivity contribution in [3.8, 4) is 6.07 Å². The second-order valence-electron chi connectivity index (χ2n) is 3.75. The summed E-state index contributed by atoms with van der Waals surface area (Å²) in [6.45, 7) is 3.46. The summed E-state index contributed by atoms with van der Waals surface area (Å²) < 4.78 is 26.3. The van der Waals surface area contributed by atoms with E-state index >= 15 is 0 Å². The third kappa shape index (κ3) is 2.99. The summed E-state index contributed by atoms with van der Waals surface area (Å²) >= 11 is 6.90. The topological polar surface area (TPSA) is 61.2 Å². The van der Waals surface area contributed by atoms with Gasteiger partial charge in [0.05, 0.1) is 16.8 Å². The monoisotopic (exact) mass is 292 g/mol. The van der Waals surface area contributed by atoms with E-state index in [1.54, 1.807) is 19.9 Å². The smallest absolute Gasteiger partial charge is 0.206 e. The maximum Gasteiger partial charge on any atom is 0.252 e. The Labute approximate surface area is 110 Å². The highest BCUT2D eigenvalue weighted by molar-refractivity contribution is 7.91. The summed E-state index contributed by atoms with van der Waals surface area (Å²) in [5, 5.41) is 8.58. The fourth-order valence-corrected chi connectivity index (χ4v) is 4.45. The Bertz CT molecular complexity index is 526. The average Bonchev–Trinajstić information content (AvgIpc) is 2.59. The van der Waals surface area contributed by atoms with Crippen molar-refractivity contribution in [1.82, 2.24) is 4.31 Å². The van der Waals surface area contributed by atoms with Gasteiger partial charge in [0.15, 0.2) is 0 Å². The van der Waals surface area contributed by atoms with Gasteiger partial charge in [-0.05, 0) is 25.5 Å². The Hall–Kier alpha value is -0.610. The zero-order chi connectivity index (χ0) is 13.2. The van der Waals surface area contributed by atoms with E-state index < -0.39 is 10.0 Å². The first kappa shape index (κ1) is 14.5. The van der Waals surface area contributed by atoms with Crippen LogP contribution < -0.4 is 0 Å². The Kier molecular flexibility index (Phi) is 4.55. The molecule has 0 N–H and O–H groups in total. The third-order valence-electron chi connectivity index (χ3n) is 2.48. The summed E-state index contributed by atoms with van der Waals surface area (Å²) in [4.78, 5) is 0. The van der Waals surface area contributed by atoms with Crippen LogP contribution in [0.3, 0.4) is 0 Å². The summed E-state index contributed by atoms with van der Waals surface area (Å²) in [7, 11) is -2.07. The van der Waals surface area contributed by atoms with Crippen LogP contribution in [0.5, 0.6) is 0 Å². The molecule has 94 valence electrons. The lowest BCUT2D eigenvalue weighted by molar-refractivity contribution is 0.394. The highest BCUT2D eigenvalue weighted by atomic mass is 35.5. The molecule has 1 aromatic heterocycles. The lowest BCUT2D eigenvalue weighted by Crippen LogP contribution is -2.34. The maximum absolute atomic E-state index is 12.2.